The number of hydrogen-bond donors (Lipinski definition) is 1. The van der Waals surface area contributed by atoms with E-state index in [1.807, 2.05) is 60.7 Å². The van der Waals surface area contributed by atoms with Crippen molar-refractivity contribution in [2.45, 2.75) is 25.9 Å². The van der Waals surface area contributed by atoms with Gasteiger partial charge in [0.15, 0.2) is 0 Å². The number of rotatable bonds is 9. The van der Waals surface area contributed by atoms with Crippen molar-refractivity contribution in [3.8, 4) is 0 Å². The molecule has 0 spiro atoms. The molecule has 0 saturated heterocycles. The fourth-order valence-electron chi connectivity index (χ4n) is 3.95. The normalized spacial score (nSPS) is 12.9. The zero-order chi connectivity index (χ0) is 19.8. The molecule has 0 aliphatic rings. The van der Waals surface area contributed by atoms with Crippen LogP contribution in [-0.4, -0.2) is 29.6 Å². The van der Waals surface area contributed by atoms with Gasteiger partial charge in [0.2, 0.25) is 0 Å². The molecule has 0 bridgehead atoms. The first-order chi connectivity index (χ1) is 13.6. The molecule has 0 saturated carbocycles. The van der Waals surface area contributed by atoms with Gasteiger partial charge in [0, 0.05) is 19.0 Å². The van der Waals surface area contributed by atoms with Crippen molar-refractivity contribution < 1.29 is 5.11 Å². The fraction of sp³-hybridized carbons (Fsp3) is 0.308. The van der Waals surface area contributed by atoms with E-state index in [4.69, 9.17) is 0 Å². The van der Waals surface area contributed by atoms with Crippen LogP contribution in [-0.2, 0) is 12.0 Å². The minimum absolute atomic E-state index is 0.0491. The van der Waals surface area contributed by atoms with Gasteiger partial charge in [-0.1, -0.05) is 105 Å². The molecule has 3 aromatic carbocycles. The van der Waals surface area contributed by atoms with E-state index in [9.17, 15) is 5.11 Å². The summed E-state index contributed by atoms with van der Waals surface area (Å²) in [6, 6.07) is 30.7. The maximum Gasteiger partial charge on any atom is 0.118 e. The molecule has 1 atom stereocenters. The van der Waals surface area contributed by atoms with Crippen LogP contribution in [0.25, 0.3) is 0 Å². The quantitative estimate of drug-likeness (QED) is 0.562. The van der Waals surface area contributed by atoms with Gasteiger partial charge in [-0.25, -0.2) is 0 Å². The second kappa shape index (κ2) is 9.68. The zero-order valence-corrected chi connectivity index (χ0v) is 17.0. The van der Waals surface area contributed by atoms with Crippen molar-refractivity contribution in [3.05, 3.63) is 108 Å². The molecule has 1 N–H and O–H groups in total. The lowest BCUT2D eigenvalue weighted by atomic mass is 9.76. The summed E-state index contributed by atoms with van der Waals surface area (Å²) in [5.74, 6) is 0.0491. The molecule has 0 radical (unpaired) electrons. The van der Waals surface area contributed by atoms with E-state index in [0.29, 0.717) is 0 Å². The molecule has 2 nitrogen and oxygen atoms in total. The monoisotopic (exact) mass is 373 g/mol. The van der Waals surface area contributed by atoms with Gasteiger partial charge in [-0.15, -0.1) is 0 Å². The summed E-state index contributed by atoms with van der Waals surface area (Å²) in [7, 11) is 0. The molecular formula is C26H31NO. The number of hydrogen-bond acceptors (Lipinski definition) is 2. The summed E-state index contributed by atoms with van der Waals surface area (Å²) in [5, 5.41) is 11.9. The second-order valence-corrected chi connectivity index (χ2v) is 7.53. The SMILES string of the molecule is CCN(CCc1ccccc1)CC(C)C(O)(c1ccccc1)c1ccccc1. The first-order valence-corrected chi connectivity index (χ1v) is 10.2. The largest absolute Gasteiger partial charge is 0.380 e. The lowest BCUT2D eigenvalue weighted by molar-refractivity contribution is 0.00816. The van der Waals surface area contributed by atoms with Crippen molar-refractivity contribution in [1.29, 1.82) is 0 Å². The average Bonchev–Trinajstić information content (AvgIpc) is 2.77. The Bertz CT molecular complexity index is 777. The Balaban J connectivity index is 1.80. The summed E-state index contributed by atoms with van der Waals surface area (Å²) >= 11 is 0. The van der Waals surface area contributed by atoms with Crippen LogP contribution < -0.4 is 0 Å². The van der Waals surface area contributed by atoms with E-state index >= 15 is 0 Å². The standard InChI is InChI=1S/C26H31NO/c1-3-27(20-19-23-13-7-4-8-14-23)21-22(2)26(28,24-15-9-5-10-16-24)25-17-11-6-12-18-25/h4-18,22,28H,3,19-21H2,1-2H3. The molecular weight excluding hydrogens is 342 g/mol. The number of aliphatic hydroxyl groups is 1. The Labute approximate surface area is 169 Å². The van der Waals surface area contributed by atoms with Gasteiger partial charge in [0.05, 0.1) is 0 Å². The predicted molar refractivity (Wildman–Crippen MR) is 117 cm³/mol. The second-order valence-electron chi connectivity index (χ2n) is 7.53. The maximum absolute atomic E-state index is 11.9. The molecule has 0 aromatic heterocycles. The van der Waals surface area contributed by atoms with Crippen LogP contribution in [0.1, 0.15) is 30.5 Å². The van der Waals surface area contributed by atoms with E-state index in [2.05, 4.69) is 49.1 Å². The van der Waals surface area contributed by atoms with Gasteiger partial charge in [-0.05, 0) is 29.7 Å². The highest BCUT2D eigenvalue weighted by atomic mass is 16.3. The molecule has 3 rings (SSSR count). The Kier molecular flexibility index (Phi) is 7.02. The van der Waals surface area contributed by atoms with Crippen molar-refractivity contribution in [2.24, 2.45) is 5.92 Å². The van der Waals surface area contributed by atoms with Crippen LogP contribution in [0.5, 0.6) is 0 Å². The lowest BCUT2D eigenvalue weighted by Crippen LogP contribution is -2.42. The predicted octanol–water partition coefficient (Wildman–Crippen LogP) is 5.12. The summed E-state index contributed by atoms with van der Waals surface area (Å²) < 4.78 is 0. The van der Waals surface area contributed by atoms with Gasteiger partial charge in [0.25, 0.3) is 0 Å². The van der Waals surface area contributed by atoms with Gasteiger partial charge in [0.1, 0.15) is 5.60 Å². The Morgan fingerprint density at radius 3 is 1.71 bits per heavy atom. The first kappa shape index (κ1) is 20.3. The third-order valence-corrected chi connectivity index (χ3v) is 5.68. The highest BCUT2D eigenvalue weighted by Gasteiger charge is 2.38. The third-order valence-electron chi connectivity index (χ3n) is 5.68. The summed E-state index contributed by atoms with van der Waals surface area (Å²) in [4.78, 5) is 2.44. The van der Waals surface area contributed by atoms with Crippen molar-refractivity contribution >= 4 is 0 Å². The van der Waals surface area contributed by atoms with E-state index in [1.165, 1.54) is 5.56 Å². The van der Waals surface area contributed by atoms with E-state index in [1.54, 1.807) is 0 Å². The molecule has 0 fully saturated rings. The van der Waals surface area contributed by atoms with Crippen molar-refractivity contribution in [1.82, 2.24) is 4.90 Å². The third kappa shape index (κ3) is 4.70. The Morgan fingerprint density at radius 2 is 1.25 bits per heavy atom. The Morgan fingerprint density at radius 1 is 0.786 bits per heavy atom. The van der Waals surface area contributed by atoms with Crippen LogP contribution in [0.15, 0.2) is 91.0 Å². The van der Waals surface area contributed by atoms with E-state index in [0.717, 1.165) is 37.2 Å². The molecule has 3 aromatic rings. The first-order valence-electron chi connectivity index (χ1n) is 10.2. The van der Waals surface area contributed by atoms with E-state index < -0.39 is 5.60 Å². The topological polar surface area (TPSA) is 23.5 Å². The average molecular weight is 374 g/mol. The summed E-state index contributed by atoms with van der Waals surface area (Å²) in [6.07, 6.45) is 1.02. The molecule has 146 valence electrons. The zero-order valence-electron chi connectivity index (χ0n) is 17.0. The summed E-state index contributed by atoms with van der Waals surface area (Å²) in [6.45, 7) is 7.15. The van der Waals surface area contributed by atoms with Crippen LogP contribution in [0, 0.1) is 5.92 Å². The van der Waals surface area contributed by atoms with Crippen LogP contribution >= 0.6 is 0 Å². The minimum atomic E-state index is -1.01. The Hall–Kier alpha value is -2.42. The molecule has 0 aliphatic heterocycles. The maximum atomic E-state index is 11.9. The highest BCUT2D eigenvalue weighted by molar-refractivity contribution is 5.36. The number of nitrogens with zero attached hydrogens (tertiary/aromatic N) is 1. The molecule has 28 heavy (non-hydrogen) atoms. The number of likely N-dealkylation sites (N-methyl/N-ethyl adjacent to an activating group) is 1. The van der Waals surface area contributed by atoms with Crippen LogP contribution in [0.4, 0.5) is 0 Å². The van der Waals surface area contributed by atoms with Crippen molar-refractivity contribution in [3.63, 3.8) is 0 Å². The van der Waals surface area contributed by atoms with Crippen LogP contribution in [0.3, 0.4) is 0 Å². The molecule has 1 unspecified atom stereocenters. The molecule has 2 heteroatoms. The molecule has 0 amide bonds. The number of benzene rings is 3. The highest BCUT2D eigenvalue weighted by Crippen LogP contribution is 2.37. The molecule has 0 aliphatic carbocycles. The smallest absolute Gasteiger partial charge is 0.118 e. The van der Waals surface area contributed by atoms with Gasteiger partial charge in [-0.3, -0.25) is 0 Å². The summed E-state index contributed by atoms with van der Waals surface area (Å²) in [5.41, 5.74) is 2.25. The lowest BCUT2D eigenvalue weighted by Gasteiger charge is -2.38. The van der Waals surface area contributed by atoms with Crippen molar-refractivity contribution in [2.75, 3.05) is 19.6 Å². The molecule has 0 heterocycles. The van der Waals surface area contributed by atoms with Gasteiger partial charge >= 0.3 is 0 Å². The van der Waals surface area contributed by atoms with Gasteiger partial charge in [-0.2, -0.15) is 0 Å². The van der Waals surface area contributed by atoms with Gasteiger partial charge < -0.3 is 10.0 Å². The fourth-order valence-corrected chi connectivity index (χ4v) is 3.95. The van der Waals surface area contributed by atoms with Crippen LogP contribution in [0.2, 0.25) is 0 Å². The minimum Gasteiger partial charge on any atom is -0.380 e. The van der Waals surface area contributed by atoms with E-state index in [-0.39, 0.29) is 5.92 Å².